The molecular weight excluding hydrogens is 513 g/mol. The van der Waals surface area contributed by atoms with Crippen LogP contribution in [0.15, 0.2) is 54.7 Å². The van der Waals surface area contributed by atoms with Crippen molar-refractivity contribution in [1.29, 1.82) is 0 Å². The van der Waals surface area contributed by atoms with Gasteiger partial charge in [-0.1, -0.05) is 0 Å². The predicted octanol–water partition coefficient (Wildman–Crippen LogP) is 4.98. The van der Waals surface area contributed by atoms with E-state index in [2.05, 4.69) is 15.6 Å². The monoisotopic (exact) mass is 545 g/mol. The zero-order chi connectivity index (χ0) is 27.5. The maximum Gasteiger partial charge on any atom is 0.312 e. The third-order valence-electron chi connectivity index (χ3n) is 7.41. The van der Waals surface area contributed by atoms with E-state index in [9.17, 15) is 9.18 Å². The van der Waals surface area contributed by atoms with Gasteiger partial charge in [0.25, 0.3) is 0 Å². The number of nitrogens with one attached hydrogen (secondary N) is 2. The lowest BCUT2D eigenvalue weighted by molar-refractivity contribution is -0.149. The van der Waals surface area contributed by atoms with Crippen molar-refractivity contribution in [2.75, 3.05) is 31.6 Å². The molecule has 1 atom stereocenters. The van der Waals surface area contributed by atoms with Crippen molar-refractivity contribution in [3.05, 3.63) is 71.8 Å². The van der Waals surface area contributed by atoms with Gasteiger partial charge < -0.3 is 29.4 Å². The summed E-state index contributed by atoms with van der Waals surface area (Å²) in [6.07, 6.45) is 4.15. The average molecular weight is 546 g/mol. The van der Waals surface area contributed by atoms with Gasteiger partial charge in [0.2, 0.25) is 5.95 Å². The second kappa shape index (κ2) is 11.6. The fraction of sp³-hybridized carbons (Fsp3) is 0.367. The molecule has 4 heterocycles. The maximum atomic E-state index is 14.5. The van der Waals surface area contributed by atoms with Gasteiger partial charge in [-0.3, -0.25) is 9.78 Å². The standard InChI is InChI=1S/C30H32FN5O4/c1-36-28-5-3-23(39-24-8-12-33-21(14-24)16-29(37)40-22-6-10-32-11-7-22)17-27(28)35-30(36)34-20-2-4-26(31)25(15-20)19-9-13-38-18-19/h2-5,8,12,14-15,17,19,22,32H,6-7,9-11,13,16,18H2,1H3,(H,34,35). The van der Waals surface area contributed by atoms with Crippen LogP contribution in [-0.2, 0) is 27.7 Å². The summed E-state index contributed by atoms with van der Waals surface area (Å²) in [7, 11) is 1.92. The Balaban J connectivity index is 1.14. The number of imidazole rings is 1. The van der Waals surface area contributed by atoms with E-state index in [-0.39, 0.29) is 30.2 Å². The fourth-order valence-corrected chi connectivity index (χ4v) is 5.24. The summed E-state index contributed by atoms with van der Waals surface area (Å²) in [5.41, 5.74) is 3.67. The number of rotatable bonds is 8. The van der Waals surface area contributed by atoms with Crippen LogP contribution in [0.4, 0.5) is 16.0 Å². The van der Waals surface area contributed by atoms with Gasteiger partial charge in [0.15, 0.2) is 0 Å². The molecule has 1 unspecified atom stereocenters. The molecule has 0 radical (unpaired) electrons. The van der Waals surface area contributed by atoms with Crippen molar-refractivity contribution in [2.45, 2.75) is 37.7 Å². The number of piperidine rings is 1. The Bertz CT molecular complexity index is 1510. The van der Waals surface area contributed by atoms with Gasteiger partial charge in [0, 0.05) is 43.6 Å². The Labute approximate surface area is 231 Å². The number of hydrogen-bond acceptors (Lipinski definition) is 8. The summed E-state index contributed by atoms with van der Waals surface area (Å²) in [5.74, 6) is 1.38. The SMILES string of the molecule is Cn1c(Nc2ccc(F)c(C3CCOC3)c2)nc2cc(Oc3ccnc(CC(=O)OC4CCNCC4)c3)ccc21. The van der Waals surface area contributed by atoms with Crippen LogP contribution in [0.3, 0.4) is 0 Å². The summed E-state index contributed by atoms with van der Waals surface area (Å²) < 4.78 is 33.5. The van der Waals surface area contributed by atoms with E-state index < -0.39 is 0 Å². The highest BCUT2D eigenvalue weighted by molar-refractivity contribution is 5.81. The molecule has 0 amide bonds. The molecule has 0 spiro atoms. The number of carbonyl (C=O) groups is 1. The van der Waals surface area contributed by atoms with E-state index in [1.165, 1.54) is 6.07 Å². The molecule has 208 valence electrons. The van der Waals surface area contributed by atoms with Crippen molar-refractivity contribution < 1.29 is 23.4 Å². The molecule has 2 aromatic heterocycles. The van der Waals surface area contributed by atoms with Crippen LogP contribution in [0, 0.1) is 5.82 Å². The van der Waals surface area contributed by atoms with Gasteiger partial charge in [-0.25, -0.2) is 9.37 Å². The van der Waals surface area contributed by atoms with Gasteiger partial charge in [0.1, 0.15) is 23.4 Å². The third kappa shape index (κ3) is 5.93. The molecule has 2 aliphatic heterocycles. The van der Waals surface area contributed by atoms with Gasteiger partial charge >= 0.3 is 5.97 Å². The molecule has 40 heavy (non-hydrogen) atoms. The first-order valence-corrected chi connectivity index (χ1v) is 13.7. The Hall–Kier alpha value is -4.02. The Morgan fingerprint density at radius 1 is 1.12 bits per heavy atom. The minimum Gasteiger partial charge on any atom is -0.462 e. The lowest BCUT2D eigenvalue weighted by Crippen LogP contribution is -2.34. The summed E-state index contributed by atoms with van der Waals surface area (Å²) in [6, 6.07) is 14.2. The van der Waals surface area contributed by atoms with E-state index in [4.69, 9.17) is 19.2 Å². The van der Waals surface area contributed by atoms with Crippen molar-refractivity contribution in [1.82, 2.24) is 19.9 Å². The van der Waals surface area contributed by atoms with Crippen molar-refractivity contribution in [3.8, 4) is 11.5 Å². The number of nitrogens with zero attached hydrogens (tertiary/aromatic N) is 3. The highest BCUT2D eigenvalue weighted by atomic mass is 19.1. The highest BCUT2D eigenvalue weighted by Crippen LogP contribution is 2.32. The van der Waals surface area contributed by atoms with E-state index >= 15 is 0 Å². The van der Waals surface area contributed by atoms with Crippen LogP contribution >= 0.6 is 0 Å². The molecule has 0 aliphatic carbocycles. The molecule has 2 fully saturated rings. The van der Waals surface area contributed by atoms with Crippen LogP contribution in [0.25, 0.3) is 11.0 Å². The summed E-state index contributed by atoms with van der Waals surface area (Å²) in [6.45, 7) is 2.92. The minimum absolute atomic E-state index is 0.0373. The van der Waals surface area contributed by atoms with E-state index in [0.29, 0.717) is 41.9 Å². The number of aromatic nitrogens is 3. The molecule has 2 N–H and O–H groups in total. The van der Waals surface area contributed by atoms with Crippen molar-refractivity contribution in [2.24, 2.45) is 7.05 Å². The second-order valence-corrected chi connectivity index (χ2v) is 10.3. The lowest BCUT2D eigenvalue weighted by Gasteiger charge is -2.22. The molecule has 2 aromatic carbocycles. The number of hydrogen-bond donors (Lipinski definition) is 2. The molecule has 0 saturated carbocycles. The zero-order valence-electron chi connectivity index (χ0n) is 22.4. The van der Waals surface area contributed by atoms with Crippen LogP contribution in [-0.4, -0.2) is 52.9 Å². The van der Waals surface area contributed by atoms with Crippen LogP contribution < -0.4 is 15.4 Å². The largest absolute Gasteiger partial charge is 0.462 e. The number of halogens is 1. The third-order valence-corrected chi connectivity index (χ3v) is 7.41. The molecule has 0 bridgehead atoms. The number of anilines is 2. The van der Waals surface area contributed by atoms with Crippen LogP contribution in [0.2, 0.25) is 0 Å². The van der Waals surface area contributed by atoms with Crippen LogP contribution in [0.1, 0.15) is 36.4 Å². The topological polar surface area (TPSA) is 99.5 Å². The number of ether oxygens (including phenoxy) is 3. The summed E-state index contributed by atoms with van der Waals surface area (Å²) >= 11 is 0. The average Bonchev–Trinajstić information content (AvgIpc) is 3.59. The Morgan fingerprint density at radius 3 is 2.80 bits per heavy atom. The molecular formula is C30H32FN5O4. The molecule has 6 rings (SSSR count). The molecule has 2 saturated heterocycles. The summed E-state index contributed by atoms with van der Waals surface area (Å²) in [4.78, 5) is 21.5. The quantitative estimate of drug-likeness (QED) is 0.299. The maximum absolute atomic E-state index is 14.5. The van der Waals surface area contributed by atoms with Crippen molar-refractivity contribution >= 4 is 28.6 Å². The number of benzene rings is 2. The van der Waals surface area contributed by atoms with E-state index in [1.807, 2.05) is 35.9 Å². The van der Waals surface area contributed by atoms with Gasteiger partial charge in [-0.2, -0.15) is 0 Å². The lowest BCUT2D eigenvalue weighted by atomic mass is 9.97. The molecule has 9 nitrogen and oxygen atoms in total. The number of aryl methyl sites for hydroxylation is 1. The Morgan fingerprint density at radius 2 is 1.98 bits per heavy atom. The minimum atomic E-state index is -0.281. The van der Waals surface area contributed by atoms with Gasteiger partial charge in [0.05, 0.1) is 29.8 Å². The van der Waals surface area contributed by atoms with E-state index in [1.54, 1.807) is 24.4 Å². The molecule has 4 aromatic rings. The fourth-order valence-electron chi connectivity index (χ4n) is 5.24. The highest BCUT2D eigenvalue weighted by Gasteiger charge is 2.22. The van der Waals surface area contributed by atoms with Gasteiger partial charge in [-0.15, -0.1) is 0 Å². The second-order valence-electron chi connectivity index (χ2n) is 10.3. The smallest absolute Gasteiger partial charge is 0.312 e. The first kappa shape index (κ1) is 26.2. The molecule has 2 aliphatic rings. The number of pyridine rings is 1. The van der Waals surface area contributed by atoms with Crippen molar-refractivity contribution in [3.63, 3.8) is 0 Å². The van der Waals surface area contributed by atoms with E-state index in [0.717, 1.165) is 49.1 Å². The first-order chi connectivity index (χ1) is 19.5. The normalized spacial score (nSPS) is 17.7. The first-order valence-electron chi connectivity index (χ1n) is 13.7. The molecule has 10 heteroatoms. The predicted molar refractivity (Wildman–Crippen MR) is 149 cm³/mol. The number of carbonyl (C=O) groups excluding carboxylic acids is 1. The Kier molecular flexibility index (Phi) is 7.61. The van der Waals surface area contributed by atoms with Crippen LogP contribution in [0.5, 0.6) is 11.5 Å². The van der Waals surface area contributed by atoms with Gasteiger partial charge in [-0.05, 0) is 74.3 Å². The summed E-state index contributed by atoms with van der Waals surface area (Å²) in [5, 5.41) is 6.59. The number of esters is 1. The number of fused-ring (bicyclic) bond motifs is 1. The zero-order valence-corrected chi connectivity index (χ0v) is 22.4.